The van der Waals surface area contributed by atoms with Crippen molar-refractivity contribution in [1.29, 1.82) is 0 Å². The van der Waals surface area contributed by atoms with Crippen LogP contribution < -0.4 is 0 Å². The molecule has 1 aliphatic rings. The lowest BCUT2D eigenvalue weighted by atomic mass is 9.95. The molecule has 1 amide bonds. The molecule has 0 spiro atoms. The Bertz CT molecular complexity index is 469. The minimum absolute atomic E-state index is 0.0554. The number of aliphatic carboxylic acids is 1. The maximum atomic E-state index is 12.3. The maximum Gasteiger partial charge on any atom is 0.303 e. The lowest BCUT2D eigenvalue weighted by Crippen LogP contribution is -2.40. The molecule has 1 fully saturated rings. The molecule has 1 saturated heterocycles. The molecule has 0 radical (unpaired) electrons. The van der Waals surface area contributed by atoms with E-state index in [9.17, 15) is 9.59 Å². The zero-order chi connectivity index (χ0) is 13.8. The van der Waals surface area contributed by atoms with E-state index in [0.29, 0.717) is 6.54 Å². The lowest BCUT2D eigenvalue weighted by Gasteiger charge is -2.31. The molecule has 1 aromatic rings. The van der Waals surface area contributed by atoms with Crippen molar-refractivity contribution in [2.45, 2.75) is 32.6 Å². The molecule has 0 aliphatic carbocycles. The van der Waals surface area contributed by atoms with Crippen molar-refractivity contribution in [2.75, 3.05) is 13.1 Å². The Kier molecular flexibility index (Phi) is 4.58. The molecule has 104 valence electrons. The molecule has 1 unspecified atom stereocenters. The van der Waals surface area contributed by atoms with E-state index in [2.05, 4.69) is 6.92 Å². The molecule has 0 bridgehead atoms. The number of piperidine rings is 1. The normalized spacial score (nSPS) is 19.4. The largest absolute Gasteiger partial charge is 0.481 e. The van der Waals surface area contributed by atoms with Gasteiger partial charge in [0.25, 0.3) is 5.91 Å². The van der Waals surface area contributed by atoms with Crippen LogP contribution in [-0.4, -0.2) is 35.0 Å². The van der Waals surface area contributed by atoms with Gasteiger partial charge in [0.2, 0.25) is 0 Å². The molecule has 1 atom stereocenters. The minimum atomic E-state index is -0.774. The Morgan fingerprint density at radius 1 is 1.47 bits per heavy atom. The number of thiophene rings is 1. The van der Waals surface area contributed by atoms with Crippen molar-refractivity contribution >= 4 is 23.2 Å². The average molecular weight is 281 g/mol. The number of carbonyl (C=O) groups is 2. The summed E-state index contributed by atoms with van der Waals surface area (Å²) >= 11 is 1.54. The first-order valence-electron chi connectivity index (χ1n) is 6.70. The Hall–Kier alpha value is -1.36. The predicted molar refractivity (Wildman–Crippen MR) is 74.6 cm³/mol. The van der Waals surface area contributed by atoms with Crippen LogP contribution in [0.4, 0.5) is 0 Å². The van der Waals surface area contributed by atoms with Gasteiger partial charge in [-0.05, 0) is 37.3 Å². The van der Waals surface area contributed by atoms with Crippen LogP contribution in [0.25, 0.3) is 0 Å². The Morgan fingerprint density at radius 3 is 2.89 bits per heavy atom. The van der Waals surface area contributed by atoms with Crippen LogP contribution in [-0.2, 0) is 11.2 Å². The van der Waals surface area contributed by atoms with E-state index < -0.39 is 5.97 Å². The highest BCUT2D eigenvalue weighted by Crippen LogP contribution is 2.24. The second-order valence-electron chi connectivity index (χ2n) is 4.98. The molecule has 1 aromatic heterocycles. The second-order valence-corrected chi connectivity index (χ2v) is 6.15. The van der Waals surface area contributed by atoms with E-state index in [1.165, 1.54) is 4.88 Å². The molecule has 2 rings (SSSR count). The van der Waals surface area contributed by atoms with Crippen LogP contribution in [0.1, 0.15) is 40.7 Å². The number of aryl methyl sites for hydroxylation is 1. The van der Waals surface area contributed by atoms with Gasteiger partial charge in [0.05, 0.1) is 4.88 Å². The van der Waals surface area contributed by atoms with Crippen LogP contribution >= 0.6 is 11.3 Å². The molecular weight excluding hydrogens is 262 g/mol. The molecule has 1 aliphatic heterocycles. The van der Waals surface area contributed by atoms with Crippen molar-refractivity contribution in [3.05, 3.63) is 21.9 Å². The first-order chi connectivity index (χ1) is 9.10. The summed E-state index contributed by atoms with van der Waals surface area (Å²) in [4.78, 5) is 26.9. The summed E-state index contributed by atoms with van der Waals surface area (Å²) in [6, 6.07) is 3.88. The van der Waals surface area contributed by atoms with E-state index in [4.69, 9.17) is 5.11 Å². The molecular formula is C14H19NO3S. The van der Waals surface area contributed by atoms with Gasteiger partial charge in [0, 0.05) is 24.4 Å². The lowest BCUT2D eigenvalue weighted by molar-refractivity contribution is -0.138. The van der Waals surface area contributed by atoms with Crippen molar-refractivity contribution in [3.63, 3.8) is 0 Å². The topological polar surface area (TPSA) is 57.6 Å². The number of carbonyl (C=O) groups excluding carboxylic acids is 1. The first-order valence-corrected chi connectivity index (χ1v) is 7.51. The molecule has 0 saturated carbocycles. The van der Waals surface area contributed by atoms with Gasteiger partial charge in [-0.3, -0.25) is 9.59 Å². The van der Waals surface area contributed by atoms with Crippen molar-refractivity contribution in [2.24, 2.45) is 5.92 Å². The first kappa shape index (κ1) is 14.1. The van der Waals surface area contributed by atoms with E-state index in [1.54, 1.807) is 11.3 Å². The summed E-state index contributed by atoms with van der Waals surface area (Å²) in [6.07, 6.45) is 2.91. The quantitative estimate of drug-likeness (QED) is 0.923. The maximum absolute atomic E-state index is 12.3. The molecule has 0 aromatic carbocycles. The van der Waals surface area contributed by atoms with Crippen LogP contribution in [0.3, 0.4) is 0 Å². The number of hydrogen-bond donors (Lipinski definition) is 1. The highest BCUT2D eigenvalue weighted by molar-refractivity contribution is 7.14. The zero-order valence-corrected chi connectivity index (χ0v) is 11.9. The van der Waals surface area contributed by atoms with Crippen LogP contribution in [0.15, 0.2) is 12.1 Å². The number of nitrogens with zero attached hydrogens (tertiary/aromatic N) is 1. The fourth-order valence-corrected chi connectivity index (χ4v) is 3.42. The van der Waals surface area contributed by atoms with Gasteiger partial charge < -0.3 is 10.0 Å². The number of rotatable bonds is 4. The van der Waals surface area contributed by atoms with Crippen molar-refractivity contribution in [3.8, 4) is 0 Å². The highest BCUT2D eigenvalue weighted by Gasteiger charge is 2.26. The molecule has 2 heterocycles. The Morgan fingerprint density at radius 2 is 2.26 bits per heavy atom. The molecule has 4 nitrogen and oxygen atoms in total. The van der Waals surface area contributed by atoms with Gasteiger partial charge in [-0.2, -0.15) is 0 Å². The van der Waals surface area contributed by atoms with Gasteiger partial charge in [0.15, 0.2) is 0 Å². The van der Waals surface area contributed by atoms with Crippen molar-refractivity contribution in [1.82, 2.24) is 4.90 Å². The van der Waals surface area contributed by atoms with Gasteiger partial charge in [-0.1, -0.05) is 6.92 Å². The Balaban J connectivity index is 2.00. The van der Waals surface area contributed by atoms with Crippen LogP contribution in [0.2, 0.25) is 0 Å². The summed E-state index contributed by atoms with van der Waals surface area (Å²) < 4.78 is 0. The smallest absolute Gasteiger partial charge is 0.303 e. The minimum Gasteiger partial charge on any atom is -0.481 e. The standard InChI is InChI=1S/C14H19NO3S/c1-2-11-5-6-12(19-11)14(18)15-7-3-4-10(9-15)8-13(16)17/h5-6,10H,2-4,7-9H2,1H3,(H,16,17). The Labute approximate surface area is 117 Å². The van der Waals surface area contributed by atoms with E-state index in [0.717, 1.165) is 30.7 Å². The monoisotopic (exact) mass is 281 g/mol. The van der Waals surface area contributed by atoms with Crippen LogP contribution in [0, 0.1) is 5.92 Å². The number of carboxylic acids is 1. The van der Waals surface area contributed by atoms with Gasteiger partial charge in [-0.25, -0.2) is 0 Å². The predicted octanol–water partition coefficient (Wildman–Crippen LogP) is 2.64. The zero-order valence-electron chi connectivity index (χ0n) is 11.1. The van der Waals surface area contributed by atoms with E-state index >= 15 is 0 Å². The van der Waals surface area contributed by atoms with Crippen molar-refractivity contribution < 1.29 is 14.7 Å². The summed E-state index contributed by atoms with van der Waals surface area (Å²) in [7, 11) is 0. The third-order valence-corrected chi connectivity index (χ3v) is 4.71. The highest BCUT2D eigenvalue weighted by atomic mass is 32.1. The molecule has 5 heteroatoms. The second kappa shape index (κ2) is 6.19. The third kappa shape index (κ3) is 3.56. The number of amides is 1. The van der Waals surface area contributed by atoms with Gasteiger partial charge in [-0.15, -0.1) is 11.3 Å². The van der Waals surface area contributed by atoms with Gasteiger partial charge in [0.1, 0.15) is 0 Å². The van der Waals surface area contributed by atoms with Gasteiger partial charge >= 0.3 is 5.97 Å². The summed E-state index contributed by atoms with van der Waals surface area (Å²) in [5.74, 6) is -0.621. The molecule has 19 heavy (non-hydrogen) atoms. The SMILES string of the molecule is CCc1ccc(C(=O)N2CCCC(CC(=O)O)C2)s1. The van der Waals surface area contributed by atoms with Crippen LogP contribution in [0.5, 0.6) is 0 Å². The number of likely N-dealkylation sites (tertiary alicyclic amines) is 1. The summed E-state index contributed by atoms with van der Waals surface area (Å²) in [6.45, 7) is 3.39. The fraction of sp³-hybridized carbons (Fsp3) is 0.571. The van der Waals surface area contributed by atoms with E-state index in [1.807, 2.05) is 17.0 Å². The fourth-order valence-electron chi connectivity index (χ4n) is 2.50. The summed E-state index contributed by atoms with van der Waals surface area (Å²) in [5, 5.41) is 8.84. The van der Waals surface area contributed by atoms with E-state index in [-0.39, 0.29) is 18.2 Å². The number of carboxylic acid groups (broad SMARTS) is 1. The summed E-state index contributed by atoms with van der Waals surface area (Å²) in [5.41, 5.74) is 0. The molecule has 1 N–H and O–H groups in total. The average Bonchev–Trinajstić information content (AvgIpc) is 2.86. The number of hydrogen-bond acceptors (Lipinski definition) is 3. The third-order valence-electron chi connectivity index (χ3n) is 3.49.